The molecule has 12 aliphatic heterocycles. The standard InChI is InChI=1S/C14H20N5O6P.C13H15N6O5P.C12H16N5O6P.C12H16N5O5P.C11H16N3O6P.C11H15N2O7P.6Y/c1-3-22-11-7-10(17-13(15)18-11)19(6-16-7)12-8-9(20)14(25-12,4-23-8)5-24-26(2)21;1-25(21)23-4-12-3-22-9(8(12)20)13(2-14,24-12)19-6-18-7-10(15)16-5-17-11(7)19;1-24(20)22-3-12-2-21-6(7(12)18)10(23-12)17-4-14-5-8(17)15-11(13)16-9(5)19;1-23(19)21-3-12-2-20-7(8(12)18)11(22-12)17-5-16-6-9(13)14-4-15-10(6)17;1-21(17)19-5-11-4-18-7(8(11)15)9(20-11)14-3-2-6(12)13-10(14)16;1-21(17)19-5-11-4-18-7(8(11)15)9(20-11)13-3-2-6(14)12-10(13)16;;;;;;/h6,8-9,12,20,26H,3-5H2,1-2H3,(H2,15,17,18);5-6,8-9,20,25H,3-4H2,1H3,(H2,15,16,17);4,6-7,10,18,24H,2-3H2,1H3,(H3,13,15,16,19);4-5,7-8,11,18,23H,2-3H2,1H3,(H2,13,14,15);2-3,7-9,15,21H,4-5H2,1H3,(H2,12,13,16);2-3,7-9,15,21H,4-5H2,1H3,(H,12,14,16);;;;;;/t8-,9+,12-,14-;8-,9+,12+,13+;6-,7+,10-,12-;7-,8+,11-,12-;2*7-,8+,9-,11-;;;;;;/m101111....../s1. The number of nitrogen functional groups attached to an aromatic ring is 5. The van der Waals surface area contributed by atoms with Crippen molar-refractivity contribution in [1.82, 2.24) is 97.2 Å². The Kier molecular flexibility index (Phi) is 42.3. The van der Waals surface area contributed by atoms with E-state index in [1.807, 2.05) is 6.92 Å². The molecule has 10 aromatic rings. The van der Waals surface area contributed by atoms with Gasteiger partial charge in [0.1, 0.15) is 149 Å². The average Bonchev–Trinajstić information content (AvgIpc) is 1.53. The number of aromatic amines is 2. The molecule has 12 saturated heterocycles. The van der Waals surface area contributed by atoms with Gasteiger partial charge >= 0.3 is 11.4 Å². The number of hydrogen-bond acceptors (Lipinski definition) is 53. The molecule has 778 valence electrons. The van der Waals surface area contributed by atoms with Crippen molar-refractivity contribution < 1.29 is 343 Å². The summed E-state index contributed by atoms with van der Waals surface area (Å²) in [6.45, 7) is 11.2. The zero-order valence-electron chi connectivity index (χ0n) is 78.2. The van der Waals surface area contributed by atoms with Gasteiger partial charge in [-0.1, -0.05) is 0 Å². The van der Waals surface area contributed by atoms with Crippen molar-refractivity contribution in [3.8, 4) is 11.9 Å². The van der Waals surface area contributed by atoms with Crippen LogP contribution in [0.5, 0.6) is 5.88 Å². The minimum Gasteiger partial charge on any atom is -0.476 e. The number of nitrogens with two attached hydrogens (primary N) is 5. The van der Waals surface area contributed by atoms with E-state index in [1.165, 1.54) is 116 Å². The predicted molar refractivity (Wildman–Crippen MR) is 479 cm³/mol. The quantitative estimate of drug-likeness (QED) is 0.0226. The predicted octanol–water partition coefficient (Wildman–Crippen LogP) is -4.76. The smallest absolute Gasteiger partial charge is 0.351 e. The average molecular weight is 2620 g/mol. The van der Waals surface area contributed by atoms with Gasteiger partial charge in [-0.3, -0.25) is 74.3 Å². The molecule has 22 heterocycles. The summed E-state index contributed by atoms with van der Waals surface area (Å²) < 4.78 is 181. The van der Waals surface area contributed by atoms with Crippen molar-refractivity contribution in [2.75, 3.05) is 155 Å². The molecule has 10 aromatic heterocycles. The molecule has 6 radical (unpaired) electrons. The molecule has 18 N–H and O–H groups in total. The van der Waals surface area contributed by atoms with Gasteiger partial charge in [0.25, 0.3) is 16.8 Å². The van der Waals surface area contributed by atoms with Gasteiger partial charge in [0.15, 0.2) is 125 Å². The van der Waals surface area contributed by atoms with Crippen molar-refractivity contribution in [3.63, 3.8) is 0 Å². The van der Waals surface area contributed by atoms with Crippen LogP contribution >= 0.6 is 48.2 Å². The Morgan fingerprint density at radius 1 is 0.425 bits per heavy atom. The summed E-state index contributed by atoms with van der Waals surface area (Å²) in [5.74, 6) is 0.783. The number of ether oxygens (including phenoxy) is 13. The SMILES string of the molecule is CCOc1nc(N)nc2c1ncn2[C@@H]1O[C@@]2(CO[PH](C)=O)CO[C@@H]1[C@@H]2O.C[PH](=O)OC[C@@]12CO[C@@H]([C@H](n3ccc(=O)[nH]c3=O)O1)[C@@H]2O.C[PH](=O)OC[C@@]12CO[C@@H]([C@H](n3ccc(N)nc3=O)O1)[C@@H]2O.C[PH](=O)OC[C@@]12CO[C@@H]([C@H](n3cnc4c(=O)[nH]c(N)nc43)O1)[C@@H]2O.C[PH](=O)OC[C@@]12CO[C@@H]([C@H](n3cnc4c(N)ncnc43)O1)[C@@H]2O.C[PH](=O)OC[C@]12CO[C@H]([C@@H]1O)[C@](C#N)(n1cnc3c(N)ncnc31)O2.[Y].[Y].[Y].[Y].[Y].[Y]. The number of aromatic nitrogens is 20. The molecular formula is C73H98N26O35P6Y6. The number of imidazole rings is 4. The molecule has 0 amide bonds. The van der Waals surface area contributed by atoms with E-state index in [4.69, 9.17) is 117 Å². The Balaban J connectivity index is 0.000000166. The number of aliphatic hydroxyl groups is 6. The molecular weight excluding hydrogens is 2520 g/mol. The van der Waals surface area contributed by atoms with Crippen LogP contribution in [0, 0.1) is 11.3 Å². The fourth-order valence-corrected chi connectivity index (χ4v) is 20.5. The number of nitrogens with zero attached hydrogens (tertiary/aromatic N) is 19. The largest absolute Gasteiger partial charge is 0.476 e. The zero-order chi connectivity index (χ0) is 99.9. The van der Waals surface area contributed by atoms with Crippen molar-refractivity contribution in [2.24, 2.45) is 0 Å². The Labute approximate surface area is 977 Å². The van der Waals surface area contributed by atoms with Gasteiger partial charge in [0, 0.05) is 255 Å². The summed E-state index contributed by atoms with van der Waals surface area (Å²) >= 11 is 0. The number of H-pyrrole nitrogens is 2. The van der Waals surface area contributed by atoms with Gasteiger partial charge in [-0.25, -0.2) is 49.5 Å². The molecule has 146 heavy (non-hydrogen) atoms. The number of fused-ring (bicyclic) bond motifs is 16. The molecule has 73 heteroatoms. The van der Waals surface area contributed by atoms with Crippen LogP contribution in [-0.4, -0.2) is 361 Å². The number of nitriles is 1. The van der Waals surface area contributed by atoms with E-state index in [2.05, 4.69) is 75.8 Å². The van der Waals surface area contributed by atoms with Gasteiger partial charge in [-0.2, -0.15) is 25.2 Å². The molecule has 6 unspecified atom stereocenters. The van der Waals surface area contributed by atoms with E-state index in [0.29, 0.717) is 34.5 Å². The van der Waals surface area contributed by atoms with Gasteiger partial charge in [-0.05, 0) is 13.0 Å². The first kappa shape index (κ1) is 123. The van der Waals surface area contributed by atoms with Crippen LogP contribution < -0.4 is 55.9 Å². The Morgan fingerprint density at radius 2 is 0.788 bits per heavy atom. The molecule has 30 atom stereocenters. The normalized spacial score (nSPS) is 32.9. The van der Waals surface area contributed by atoms with Crippen LogP contribution in [0.2, 0.25) is 0 Å². The van der Waals surface area contributed by atoms with Crippen LogP contribution in [0.3, 0.4) is 0 Å². The monoisotopic (exact) mass is 2620 g/mol. The minimum absolute atomic E-state index is 0. The van der Waals surface area contributed by atoms with E-state index < -0.39 is 214 Å². The number of hydrogen-bond donors (Lipinski definition) is 13. The van der Waals surface area contributed by atoms with E-state index in [-0.39, 0.29) is 328 Å². The summed E-state index contributed by atoms with van der Waals surface area (Å²) in [5, 5.41) is 72.6. The number of aliphatic hydroxyl groups excluding tert-OH is 6. The second kappa shape index (κ2) is 50.2. The molecule has 12 bridgehead atoms. The van der Waals surface area contributed by atoms with Crippen molar-refractivity contribution in [1.29, 1.82) is 5.26 Å². The third kappa shape index (κ3) is 23.9. The summed E-state index contributed by atoms with van der Waals surface area (Å²) in [6, 6.07) is 4.69. The maximum Gasteiger partial charge on any atom is 0.351 e. The topological polar surface area (TPSA) is 837 Å². The Hall–Kier alpha value is -3.11. The first-order valence-corrected chi connectivity index (χ1v) is 53.5. The van der Waals surface area contributed by atoms with Crippen LogP contribution in [0.25, 0.3) is 44.7 Å². The second-order valence-corrected chi connectivity index (χ2v) is 41.5. The van der Waals surface area contributed by atoms with Crippen LogP contribution in [0.4, 0.5) is 29.4 Å². The van der Waals surface area contributed by atoms with E-state index in [9.17, 15) is 82.5 Å². The molecule has 0 saturated carbocycles. The fraction of sp³-hybridized carbons (Fsp3) is 0.603. The molecule has 61 nitrogen and oxygen atoms in total. The summed E-state index contributed by atoms with van der Waals surface area (Å²) in [6.07, 6.45) is -3.03. The first-order valence-electron chi connectivity index (χ1n) is 42.6. The number of rotatable bonds is 26. The summed E-state index contributed by atoms with van der Waals surface area (Å²) in [5.41, 5.74) is 20.3. The second-order valence-electron chi connectivity index (χ2n) is 33.9. The third-order valence-electron chi connectivity index (χ3n) is 24.7. The molecule has 0 aromatic carbocycles. The zero-order valence-corrected chi connectivity index (χ0v) is 101. The first-order chi connectivity index (χ1) is 66.7. The van der Waals surface area contributed by atoms with Crippen LogP contribution in [0.1, 0.15) is 38.1 Å². The van der Waals surface area contributed by atoms with E-state index in [0.717, 1.165) is 4.57 Å². The Morgan fingerprint density at radius 3 is 1.20 bits per heavy atom. The van der Waals surface area contributed by atoms with Gasteiger partial charge in [-0.15, -0.1) is 0 Å². The third-order valence-corrected chi connectivity index (χ3v) is 28.0. The maximum atomic E-state index is 11.9. The van der Waals surface area contributed by atoms with Gasteiger partial charge < -0.3 is 148 Å². The fourth-order valence-electron chi connectivity index (χ4n) is 17.8. The van der Waals surface area contributed by atoms with Crippen molar-refractivity contribution >= 4 is 122 Å². The summed E-state index contributed by atoms with van der Waals surface area (Å²) in [7, 11) is -13.1. The molecule has 12 aliphatic rings. The van der Waals surface area contributed by atoms with E-state index >= 15 is 0 Å². The number of nitrogens with one attached hydrogen (secondary N) is 2. The molecule has 0 aliphatic carbocycles. The van der Waals surface area contributed by atoms with Gasteiger partial charge in [0.2, 0.25) is 17.8 Å². The van der Waals surface area contributed by atoms with Crippen LogP contribution in [-0.2, 0) is 313 Å². The maximum absolute atomic E-state index is 11.9. The van der Waals surface area contributed by atoms with E-state index in [1.54, 1.807) is 9.13 Å². The minimum atomic E-state index is -2.25. The van der Waals surface area contributed by atoms with Crippen molar-refractivity contribution in [2.45, 2.75) is 151 Å². The van der Waals surface area contributed by atoms with Crippen LogP contribution in [0.15, 0.2) is 81.7 Å². The Bertz CT molecular complexity index is 6840. The molecule has 12 fully saturated rings. The molecule has 22 rings (SSSR count). The summed E-state index contributed by atoms with van der Waals surface area (Å²) in [4.78, 5) is 99.7. The molecule has 0 spiro atoms. The van der Waals surface area contributed by atoms with Gasteiger partial charge in [0.05, 0.1) is 105 Å². The van der Waals surface area contributed by atoms with Crippen molar-refractivity contribution in [3.05, 3.63) is 104 Å². The number of anilines is 5.